The van der Waals surface area contributed by atoms with Crippen LogP contribution in [0, 0.1) is 6.92 Å². The van der Waals surface area contributed by atoms with Gasteiger partial charge >= 0.3 is 0 Å². The van der Waals surface area contributed by atoms with Gasteiger partial charge < -0.3 is 0 Å². The molecule has 0 saturated heterocycles. The fourth-order valence-corrected chi connectivity index (χ4v) is 1.95. The van der Waals surface area contributed by atoms with E-state index >= 15 is 0 Å². The van der Waals surface area contributed by atoms with E-state index in [4.69, 9.17) is 11.6 Å². The Hall–Kier alpha value is -1.07. The Morgan fingerprint density at radius 3 is 2.41 bits per heavy atom. The third-order valence-corrected chi connectivity index (χ3v) is 3.53. The second-order valence-electron chi connectivity index (χ2n) is 3.54. The van der Waals surface area contributed by atoms with E-state index in [1.807, 2.05) is 13.8 Å². The molecule has 0 fully saturated rings. The molecule has 0 spiro atoms. The molecule has 17 heavy (non-hydrogen) atoms. The van der Waals surface area contributed by atoms with Crippen molar-refractivity contribution in [3.8, 4) is 11.6 Å². The molecule has 0 N–H and O–H groups in total. The van der Waals surface area contributed by atoms with Gasteiger partial charge in [-0.05, 0) is 34.8 Å². The number of halogens is 2. The maximum atomic E-state index is 6.03. The number of hydrogen-bond acceptors (Lipinski definition) is 4. The molecule has 2 aromatic heterocycles. The summed E-state index contributed by atoms with van der Waals surface area (Å²) in [6, 6.07) is 0. The molecule has 88 valence electrons. The Morgan fingerprint density at radius 1 is 1.18 bits per heavy atom. The van der Waals surface area contributed by atoms with Crippen molar-refractivity contribution in [1.82, 2.24) is 19.9 Å². The Kier molecular flexibility index (Phi) is 3.69. The Morgan fingerprint density at radius 2 is 1.82 bits per heavy atom. The molecule has 0 amide bonds. The van der Waals surface area contributed by atoms with Crippen LogP contribution in [-0.4, -0.2) is 19.9 Å². The molecule has 0 aliphatic heterocycles. The second kappa shape index (κ2) is 5.06. The fourth-order valence-electron chi connectivity index (χ4n) is 1.31. The molecule has 6 heteroatoms. The number of nitrogens with zero attached hydrogens (tertiary/aromatic N) is 4. The molecule has 0 atom stereocenters. The Bertz CT molecular complexity index is 542. The number of aryl methyl sites for hydroxylation is 2. The fraction of sp³-hybridized carbons (Fsp3) is 0.273. The van der Waals surface area contributed by atoms with E-state index in [0.29, 0.717) is 16.8 Å². The zero-order chi connectivity index (χ0) is 12.4. The quantitative estimate of drug-likeness (QED) is 0.799. The van der Waals surface area contributed by atoms with Gasteiger partial charge in [0.25, 0.3) is 0 Å². The van der Waals surface area contributed by atoms with Crippen LogP contribution in [0.25, 0.3) is 11.6 Å². The molecule has 0 aromatic carbocycles. The Labute approximate surface area is 113 Å². The van der Waals surface area contributed by atoms with Crippen molar-refractivity contribution in [3.63, 3.8) is 0 Å². The summed E-state index contributed by atoms with van der Waals surface area (Å²) in [4.78, 5) is 16.9. The maximum absolute atomic E-state index is 6.03. The minimum Gasteiger partial charge on any atom is -0.234 e. The van der Waals surface area contributed by atoms with Gasteiger partial charge in [-0.25, -0.2) is 19.9 Å². The molecule has 0 aliphatic rings. The largest absolute Gasteiger partial charge is 0.234 e. The van der Waals surface area contributed by atoms with Crippen LogP contribution in [0.1, 0.15) is 18.2 Å². The normalized spacial score (nSPS) is 10.6. The van der Waals surface area contributed by atoms with Crippen LogP contribution >= 0.6 is 27.5 Å². The van der Waals surface area contributed by atoms with Crippen LogP contribution in [0.5, 0.6) is 0 Å². The van der Waals surface area contributed by atoms with Crippen LogP contribution in [0.15, 0.2) is 16.9 Å². The molecule has 0 aliphatic carbocycles. The van der Waals surface area contributed by atoms with E-state index in [9.17, 15) is 0 Å². The van der Waals surface area contributed by atoms with Gasteiger partial charge in [-0.1, -0.05) is 18.5 Å². The van der Waals surface area contributed by atoms with Crippen LogP contribution < -0.4 is 0 Å². The number of aromatic nitrogens is 4. The van der Waals surface area contributed by atoms with E-state index in [0.717, 1.165) is 22.2 Å². The average Bonchev–Trinajstić information content (AvgIpc) is 2.33. The molecule has 0 saturated carbocycles. The summed E-state index contributed by atoms with van der Waals surface area (Å²) in [7, 11) is 0. The van der Waals surface area contributed by atoms with Gasteiger partial charge in [0.2, 0.25) is 0 Å². The highest BCUT2D eigenvalue weighted by atomic mass is 79.9. The molecule has 4 nitrogen and oxygen atoms in total. The smallest absolute Gasteiger partial charge is 0.199 e. The van der Waals surface area contributed by atoms with Crippen LogP contribution in [-0.2, 0) is 6.42 Å². The highest BCUT2D eigenvalue weighted by Gasteiger charge is 2.12. The topological polar surface area (TPSA) is 51.6 Å². The molecular weight excluding hydrogens is 304 g/mol. The molecule has 2 rings (SSSR count). The van der Waals surface area contributed by atoms with Crippen LogP contribution in [0.3, 0.4) is 0 Å². The van der Waals surface area contributed by atoms with E-state index in [2.05, 4.69) is 35.9 Å². The van der Waals surface area contributed by atoms with Gasteiger partial charge in [0.15, 0.2) is 11.6 Å². The maximum Gasteiger partial charge on any atom is 0.199 e. The van der Waals surface area contributed by atoms with Crippen LogP contribution in [0.2, 0.25) is 5.15 Å². The predicted octanol–water partition coefficient (Wildman–Crippen LogP) is 3.22. The monoisotopic (exact) mass is 312 g/mol. The average molecular weight is 314 g/mol. The zero-order valence-electron chi connectivity index (χ0n) is 9.41. The highest BCUT2D eigenvalue weighted by Crippen LogP contribution is 2.25. The molecular formula is C11H10BrClN4. The van der Waals surface area contributed by atoms with Crippen molar-refractivity contribution in [3.05, 3.63) is 33.3 Å². The summed E-state index contributed by atoms with van der Waals surface area (Å²) in [5, 5.41) is 0.385. The van der Waals surface area contributed by atoms with E-state index in [1.165, 1.54) is 0 Å². The predicted molar refractivity (Wildman–Crippen MR) is 69.9 cm³/mol. The third-order valence-electron chi connectivity index (χ3n) is 2.20. The lowest BCUT2D eigenvalue weighted by Crippen LogP contribution is -2.00. The van der Waals surface area contributed by atoms with Gasteiger partial charge in [-0.2, -0.15) is 0 Å². The summed E-state index contributed by atoms with van der Waals surface area (Å²) in [6.07, 6.45) is 4.22. The van der Waals surface area contributed by atoms with Crippen molar-refractivity contribution in [2.75, 3.05) is 0 Å². The molecule has 2 heterocycles. The van der Waals surface area contributed by atoms with Crippen molar-refractivity contribution in [1.29, 1.82) is 0 Å². The SMILES string of the molecule is CCc1nc(-c2ncc(C)cn2)nc(Cl)c1Br. The number of hydrogen-bond donors (Lipinski definition) is 0. The van der Waals surface area contributed by atoms with Crippen molar-refractivity contribution in [2.45, 2.75) is 20.3 Å². The van der Waals surface area contributed by atoms with Crippen molar-refractivity contribution < 1.29 is 0 Å². The first-order chi connectivity index (χ1) is 8.11. The first-order valence-corrected chi connectivity index (χ1v) is 6.29. The lowest BCUT2D eigenvalue weighted by Gasteiger charge is -2.05. The molecule has 2 aromatic rings. The summed E-state index contributed by atoms with van der Waals surface area (Å²) >= 11 is 9.39. The molecule has 0 bridgehead atoms. The van der Waals surface area contributed by atoms with Gasteiger partial charge in [0, 0.05) is 12.4 Å². The first-order valence-electron chi connectivity index (χ1n) is 5.12. The van der Waals surface area contributed by atoms with Gasteiger partial charge in [-0.15, -0.1) is 0 Å². The Balaban J connectivity index is 2.52. The summed E-state index contributed by atoms with van der Waals surface area (Å²) < 4.78 is 0.734. The first kappa shape index (κ1) is 12.4. The van der Waals surface area contributed by atoms with E-state index in [-0.39, 0.29) is 0 Å². The number of rotatable bonds is 2. The second-order valence-corrected chi connectivity index (χ2v) is 4.69. The van der Waals surface area contributed by atoms with Crippen molar-refractivity contribution in [2.24, 2.45) is 0 Å². The lowest BCUT2D eigenvalue weighted by atomic mass is 10.3. The highest BCUT2D eigenvalue weighted by molar-refractivity contribution is 9.10. The molecule has 0 radical (unpaired) electrons. The summed E-state index contributed by atoms with van der Waals surface area (Å²) in [5.74, 6) is 0.940. The minimum absolute atomic E-state index is 0.385. The minimum atomic E-state index is 0.385. The summed E-state index contributed by atoms with van der Waals surface area (Å²) in [6.45, 7) is 3.93. The third kappa shape index (κ3) is 2.61. The van der Waals surface area contributed by atoms with Crippen molar-refractivity contribution >= 4 is 27.5 Å². The lowest BCUT2D eigenvalue weighted by molar-refractivity contribution is 0.969. The van der Waals surface area contributed by atoms with E-state index < -0.39 is 0 Å². The van der Waals surface area contributed by atoms with Gasteiger partial charge in [0.05, 0.1) is 10.2 Å². The van der Waals surface area contributed by atoms with Gasteiger partial charge in [-0.3, -0.25) is 0 Å². The molecule has 0 unspecified atom stereocenters. The zero-order valence-corrected chi connectivity index (χ0v) is 11.7. The summed E-state index contributed by atoms with van der Waals surface area (Å²) in [5.41, 5.74) is 1.84. The van der Waals surface area contributed by atoms with E-state index in [1.54, 1.807) is 12.4 Å². The van der Waals surface area contributed by atoms with Crippen LogP contribution in [0.4, 0.5) is 0 Å². The van der Waals surface area contributed by atoms with Gasteiger partial charge in [0.1, 0.15) is 5.15 Å². The standard InChI is InChI=1S/C11H10BrClN4/c1-3-7-8(12)9(13)17-11(16-7)10-14-4-6(2)5-15-10/h4-5H,3H2,1-2H3.